The lowest BCUT2D eigenvalue weighted by atomic mass is 10.1. The molecule has 0 bridgehead atoms. The molecule has 0 spiro atoms. The summed E-state index contributed by atoms with van der Waals surface area (Å²) in [6.07, 6.45) is 2.35. The van der Waals surface area contributed by atoms with Crippen LogP contribution in [0.4, 0.5) is 0 Å². The maximum absolute atomic E-state index is 12.5. The van der Waals surface area contributed by atoms with Crippen molar-refractivity contribution in [3.8, 4) is 11.5 Å². The standard InChI is InChI=1S/C23H26N2O4/c1-15-11-16(2)23-18(12-15)25(10-8-19(23)26)14-22(27)24-9-7-17-5-6-20(28-3)21(13-17)29-4/h5-6,8,10-13H,7,9,14H2,1-4H3,(H,24,27). The van der Waals surface area contributed by atoms with Crippen molar-refractivity contribution >= 4 is 16.8 Å². The largest absolute Gasteiger partial charge is 0.493 e. The molecular formula is C23H26N2O4. The van der Waals surface area contributed by atoms with E-state index in [-0.39, 0.29) is 17.9 Å². The normalized spacial score (nSPS) is 10.8. The number of methoxy groups -OCH3 is 2. The van der Waals surface area contributed by atoms with Crippen LogP contribution in [0.2, 0.25) is 0 Å². The highest BCUT2D eigenvalue weighted by Crippen LogP contribution is 2.27. The summed E-state index contributed by atoms with van der Waals surface area (Å²) < 4.78 is 12.4. The fraction of sp³-hybridized carbons (Fsp3) is 0.304. The SMILES string of the molecule is COc1ccc(CCNC(=O)Cn2ccc(=O)c3c(C)cc(C)cc32)cc1OC. The number of fused-ring (bicyclic) bond motifs is 1. The zero-order chi connectivity index (χ0) is 21.0. The number of nitrogens with zero attached hydrogens (tertiary/aromatic N) is 1. The van der Waals surface area contributed by atoms with Crippen molar-refractivity contribution in [2.75, 3.05) is 20.8 Å². The molecular weight excluding hydrogens is 368 g/mol. The van der Waals surface area contributed by atoms with Gasteiger partial charge in [-0.2, -0.15) is 0 Å². The molecule has 0 aliphatic carbocycles. The number of nitrogens with one attached hydrogen (secondary N) is 1. The molecule has 29 heavy (non-hydrogen) atoms. The lowest BCUT2D eigenvalue weighted by molar-refractivity contribution is -0.121. The highest BCUT2D eigenvalue weighted by Gasteiger charge is 2.10. The molecule has 0 radical (unpaired) electrons. The van der Waals surface area contributed by atoms with E-state index in [9.17, 15) is 9.59 Å². The Morgan fingerprint density at radius 1 is 1.03 bits per heavy atom. The maximum Gasteiger partial charge on any atom is 0.239 e. The van der Waals surface area contributed by atoms with Crippen molar-refractivity contribution in [3.05, 3.63) is 69.5 Å². The lowest BCUT2D eigenvalue weighted by Gasteiger charge is -2.13. The van der Waals surface area contributed by atoms with Crippen LogP contribution in [0.3, 0.4) is 0 Å². The van der Waals surface area contributed by atoms with Gasteiger partial charge in [0.1, 0.15) is 6.54 Å². The van der Waals surface area contributed by atoms with Crippen LogP contribution in [-0.2, 0) is 17.8 Å². The summed E-state index contributed by atoms with van der Waals surface area (Å²) in [4.78, 5) is 24.7. The lowest BCUT2D eigenvalue weighted by Crippen LogP contribution is -2.29. The maximum atomic E-state index is 12.5. The van der Waals surface area contributed by atoms with Gasteiger partial charge in [0.2, 0.25) is 5.91 Å². The third-order valence-corrected chi connectivity index (χ3v) is 4.92. The third kappa shape index (κ3) is 4.59. The fourth-order valence-corrected chi connectivity index (χ4v) is 3.54. The van der Waals surface area contributed by atoms with Crippen molar-refractivity contribution in [2.45, 2.75) is 26.8 Å². The highest BCUT2D eigenvalue weighted by molar-refractivity contribution is 5.85. The number of benzene rings is 2. The number of carbonyl (C=O) groups excluding carboxylic acids is 1. The van der Waals surface area contributed by atoms with Crippen LogP contribution in [0, 0.1) is 13.8 Å². The van der Waals surface area contributed by atoms with Crippen LogP contribution in [0.5, 0.6) is 11.5 Å². The van der Waals surface area contributed by atoms with Crippen LogP contribution in [-0.4, -0.2) is 31.2 Å². The van der Waals surface area contributed by atoms with E-state index in [4.69, 9.17) is 9.47 Å². The second kappa shape index (κ2) is 8.82. The first-order chi connectivity index (χ1) is 13.9. The molecule has 1 heterocycles. The molecule has 0 fully saturated rings. The van der Waals surface area contributed by atoms with E-state index in [0.29, 0.717) is 29.9 Å². The second-order valence-electron chi connectivity index (χ2n) is 7.07. The zero-order valence-electron chi connectivity index (χ0n) is 17.2. The number of aryl methyl sites for hydroxylation is 2. The predicted molar refractivity (Wildman–Crippen MR) is 114 cm³/mol. The van der Waals surface area contributed by atoms with Gasteiger partial charge in [0.15, 0.2) is 16.9 Å². The van der Waals surface area contributed by atoms with Crippen molar-refractivity contribution < 1.29 is 14.3 Å². The van der Waals surface area contributed by atoms with Gasteiger partial charge >= 0.3 is 0 Å². The first-order valence-electron chi connectivity index (χ1n) is 9.51. The Balaban J connectivity index is 1.68. The molecule has 6 heteroatoms. The molecule has 0 atom stereocenters. The number of ether oxygens (including phenoxy) is 2. The Kier molecular flexibility index (Phi) is 6.22. The van der Waals surface area contributed by atoms with Crippen molar-refractivity contribution in [1.29, 1.82) is 0 Å². The highest BCUT2D eigenvalue weighted by atomic mass is 16.5. The zero-order valence-corrected chi connectivity index (χ0v) is 17.2. The number of aromatic nitrogens is 1. The smallest absolute Gasteiger partial charge is 0.239 e. The molecule has 0 unspecified atom stereocenters. The number of rotatable bonds is 7. The molecule has 0 saturated heterocycles. The van der Waals surface area contributed by atoms with E-state index in [1.807, 2.05) is 48.7 Å². The molecule has 1 aromatic heterocycles. The second-order valence-corrected chi connectivity index (χ2v) is 7.07. The summed E-state index contributed by atoms with van der Waals surface area (Å²) in [5, 5.41) is 3.61. The van der Waals surface area contributed by atoms with Gasteiger partial charge in [0.25, 0.3) is 0 Å². The first-order valence-corrected chi connectivity index (χ1v) is 9.51. The monoisotopic (exact) mass is 394 g/mol. The van der Waals surface area contributed by atoms with Gasteiger partial charge in [-0.3, -0.25) is 9.59 Å². The number of pyridine rings is 1. The van der Waals surface area contributed by atoms with Crippen LogP contribution in [0.15, 0.2) is 47.4 Å². The number of carbonyl (C=O) groups is 1. The molecule has 152 valence electrons. The van der Waals surface area contributed by atoms with Gasteiger partial charge in [-0.1, -0.05) is 12.1 Å². The Morgan fingerprint density at radius 2 is 1.79 bits per heavy atom. The molecule has 0 saturated carbocycles. The van der Waals surface area contributed by atoms with E-state index in [1.54, 1.807) is 20.4 Å². The number of hydrogen-bond acceptors (Lipinski definition) is 4. The van der Waals surface area contributed by atoms with E-state index in [2.05, 4.69) is 5.32 Å². The van der Waals surface area contributed by atoms with Gasteiger partial charge in [0.05, 0.1) is 19.7 Å². The topological polar surface area (TPSA) is 69.6 Å². The Hall–Kier alpha value is -3.28. The van der Waals surface area contributed by atoms with Crippen LogP contribution in [0.1, 0.15) is 16.7 Å². The van der Waals surface area contributed by atoms with E-state index in [0.717, 1.165) is 22.2 Å². The quantitative estimate of drug-likeness (QED) is 0.669. The first kappa shape index (κ1) is 20.5. The Labute approximate surface area is 170 Å². The summed E-state index contributed by atoms with van der Waals surface area (Å²) in [5.74, 6) is 1.24. The minimum absolute atomic E-state index is 0.0254. The van der Waals surface area contributed by atoms with Crippen LogP contribution < -0.4 is 20.2 Å². The average Bonchev–Trinajstić information content (AvgIpc) is 2.69. The van der Waals surface area contributed by atoms with E-state index in [1.165, 1.54) is 6.07 Å². The minimum atomic E-state index is -0.102. The fourth-order valence-electron chi connectivity index (χ4n) is 3.54. The molecule has 3 rings (SSSR count). The molecule has 0 aliphatic rings. The Morgan fingerprint density at radius 3 is 2.52 bits per heavy atom. The van der Waals surface area contributed by atoms with Crippen molar-refractivity contribution in [3.63, 3.8) is 0 Å². The van der Waals surface area contributed by atoms with E-state index < -0.39 is 0 Å². The number of amides is 1. The molecule has 1 N–H and O–H groups in total. The molecule has 1 amide bonds. The van der Waals surface area contributed by atoms with Gasteiger partial charge in [-0.25, -0.2) is 0 Å². The molecule has 2 aromatic carbocycles. The third-order valence-electron chi connectivity index (χ3n) is 4.92. The van der Waals surface area contributed by atoms with Crippen LogP contribution >= 0.6 is 0 Å². The van der Waals surface area contributed by atoms with Gasteiger partial charge < -0.3 is 19.4 Å². The summed E-state index contributed by atoms with van der Waals surface area (Å²) in [5.41, 5.74) is 3.78. The summed E-state index contributed by atoms with van der Waals surface area (Å²) >= 11 is 0. The van der Waals surface area contributed by atoms with Crippen molar-refractivity contribution in [2.24, 2.45) is 0 Å². The Bertz CT molecular complexity index is 1100. The van der Waals surface area contributed by atoms with Gasteiger partial charge in [-0.05, 0) is 55.2 Å². The predicted octanol–water partition coefficient (Wildman–Crippen LogP) is 2.99. The molecule has 6 nitrogen and oxygen atoms in total. The summed E-state index contributed by atoms with van der Waals surface area (Å²) in [6.45, 7) is 4.57. The van der Waals surface area contributed by atoms with E-state index >= 15 is 0 Å². The van der Waals surface area contributed by atoms with Gasteiger partial charge in [-0.15, -0.1) is 0 Å². The summed E-state index contributed by atoms with van der Waals surface area (Å²) in [7, 11) is 3.20. The van der Waals surface area contributed by atoms with Crippen molar-refractivity contribution in [1.82, 2.24) is 9.88 Å². The average molecular weight is 394 g/mol. The molecule has 3 aromatic rings. The van der Waals surface area contributed by atoms with Gasteiger partial charge in [0, 0.05) is 24.2 Å². The summed E-state index contributed by atoms with van der Waals surface area (Å²) in [6, 6.07) is 11.2. The van der Waals surface area contributed by atoms with Crippen LogP contribution in [0.25, 0.3) is 10.9 Å². The minimum Gasteiger partial charge on any atom is -0.493 e. The molecule has 0 aliphatic heterocycles. The number of hydrogen-bond donors (Lipinski definition) is 1.